The van der Waals surface area contributed by atoms with E-state index in [0.29, 0.717) is 18.8 Å². The summed E-state index contributed by atoms with van der Waals surface area (Å²) in [5, 5.41) is 7.35. The van der Waals surface area contributed by atoms with Crippen LogP contribution in [-0.4, -0.2) is 40.3 Å². The second-order valence-corrected chi connectivity index (χ2v) is 6.41. The average Bonchev–Trinajstić information content (AvgIpc) is 3.18. The third-order valence-corrected chi connectivity index (χ3v) is 4.82. The van der Waals surface area contributed by atoms with Crippen LogP contribution in [0.1, 0.15) is 46.7 Å². The van der Waals surface area contributed by atoms with Crippen LogP contribution >= 0.6 is 0 Å². The van der Waals surface area contributed by atoms with Gasteiger partial charge in [-0.05, 0) is 31.7 Å². The Kier molecular flexibility index (Phi) is 3.65. The number of hydrogen-bond acceptors (Lipinski definition) is 3. The van der Waals surface area contributed by atoms with E-state index >= 15 is 0 Å². The number of rotatable bonds is 2. The number of benzene rings is 1. The number of hydrogen-bond donors (Lipinski definition) is 1. The molecule has 1 aliphatic carbocycles. The largest absolute Gasteiger partial charge is 0.374 e. The zero-order chi connectivity index (χ0) is 15.8. The fourth-order valence-corrected chi connectivity index (χ4v) is 3.61. The average molecular weight is 311 g/mol. The molecule has 120 valence electrons. The van der Waals surface area contributed by atoms with Gasteiger partial charge in [-0.2, -0.15) is 5.10 Å². The molecule has 1 aliphatic heterocycles. The number of fused-ring (bicyclic) bond motifs is 1. The summed E-state index contributed by atoms with van der Waals surface area (Å²) in [6.07, 6.45) is 3.09. The van der Waals surface area contributed by atoms with Crippen molar-refractivity contribution in [2.45, 2.75) is 38.3 Å². The maximum absolute atomic E-state index is 13.1. The lowest BCUT2D eigenvalue weighted by atomic mass is 10.0. The lowest BCUT2D eigenvalue weighted by Gasteiger charge is -2.38. The fourth-order valence-electron chi connectivity index (χ4n) is 3.61. The van der Waals surface area contributed by atoms with Crippen molar-refractivity contribution < 1.29 is 9.53 Å². The molecule has 2 aromatic rings. The zero-order valence-electron chi connectivity index (χ0n) is 13.3. The summed E-state index contributed by atoms with van der Waals surface area (Å²) in [6.45, 7) is 3.14. The Labute approximate surface area is 135 Å². The van der Waals surface area contributed by atoms with E-state index in [9.17, 15) is 4.79 Å². The molecule has 1 saturated heterocycles. The van der Waals surface area contributed by atoms with Gasteiger partial charge < -0.3 is 9.64 Å². The Morgan fingerprint density at radius 1 is 1.30 bits per heavy atom. The molecular weight excluding hydrogens is 290 g/mol. The van der Waals surface area contributed by atoms with Gasteiger partial charge in [0.15, 0.2) is 5.69 Å². The number of carbonyl (C=O) groups excluding carboxylic acids is 1. The molecule has 0 bridgehead atoms. The van der Waals surface area contributed by atoms with Gasteiger partial charge in [-0.3, -0.25) is 9.89 Å². The van der Waals surface area contributed by atoms with Crippen LogP contribution in [0.3, 0.4) is 0 Å². The summed E-state index contributed by atoms with van der Waals surface area (Å²) < 4.78 is 5.81. The van der Waals surface area contributed by atoms with Crippen molar-refractivity contribution >= 4 is 5.91 Å². The van der Waals surface area contributed by atoms with Crippen molar-refractivity contribution in [3.05, 3.63) is 52.8 Å². The summed E-state index contributed by atoms with van der Waals surface area (Å²) in [5.74, 6) is 0.0217. The first-order valence-electron chi connectivity index (χ1n) is 8.27. The first-order valence-corrected chi connectivity index (χ1v) is 8.27. The number of nitrogens with zero attached hydrogens (tertiary/aromatic N) is 2. The molecule has 5 nitrogen and oxygen atoms in total. The van der Waals surface area contributed by atoms with Crippen molar-refractivity contribution in [1.29, 1.82) is 0 Å². The Morgan fingerprint density at radius 3 is 2.96 bits per heavy atom. The lowest BCUT2D eigenvalue weighted by Crippen LogP contribution is -2.47. The first-order chi connectivity index (χ1) is 11.2. The van der Waals surface area contributed by atoms with Crippen LogP contribution in [0, 0.1) is 0 Å². The highest BCUT2D eigenvalue weighted by Gasteiger charge is 2.35. The van der Waals surface area contributed by atoms with Gasteiger partial charge in [0.1, 0.15) is 0 Å². The van der Waals surface area contributed by atoms with E-state index in [1.807, 2.05) is 30.0 Å². The minimum atomic E-state index is -0.0475. The summed E-state index contributed by atoms with van der Waals surface area (Å²) in [4.78, 5) is 15.1. The highest BCUT2D eigenvalue weighted by atomic mass is 16.5. The highest BCUT2D eigenvalue weighted by Crippen LogP contribution is 2.30. The molecule has 1 aromatic heterocycles. The minimum absolute atomic E-state index is 0.0217. The Bertz CT molecular complexity index is 710. The molecular formula is C18H21N3O2. The Balaban J connectivity index is 1.67. The number of aryl methyl sites for hydroxylation is 1. The van der Waals surface area contributed by atoms with Gasteiger partial charge in [-0.1, -0.05) is 30.3 Å². The molecule has 0 spiro atoms. The monoisotopic (exact) mass is 311 g/mol. The molecule has 23 heavy (non-hydrogen) atoms. The number of carbonyl (C=O) groups is 1. The molecule has 4 rings (SSSR count). The van der Waals surface area contributed by atoms with Gasteiger partial charge in [0.2, 0.25) is 0 Å². The van der Waals surface area contributed by atoms with Gasteiger partial charge in [-0.15, -0.1) is 0 Å². The van der Waals surface area contributed by atoms with Gasteiger partial charge >= 0.3 is 0 Å². The van der Waals surface area contributed by atoms with Crippen LogP contribution in [-0.2, 0) is 17.6 Å². The van der Waals surface area contributed by atoms with Crippen molar-refractivity contribution in [3.63, 3.8) is 0 Å². The van der Waals surface area contributed by atoms with E-state index in [1.54, 1.807) is 0 Å². The number of nitrogens with one attached hydrogen (secondary N) is 1. The van der Waals surface area contributed by atoms with Gasteiger partial charge in [0.25, 0.3) is 5.91 Å². The van der Waals surface area contributed by atoms with Crippen molar-refractivity contribution in [1.82, 2.24) is 15.1 Å². The van der Waals surface area contributed by atoms with E-state index < -0.39 is 0 Å². The molecule has 1 fully saturated rings. The van der Waals surface area contributed by atoms with E-state index in [2.05, 4.69) is 22.3 Å². The van der Waals surface area contributed by atoms with Gasteiger partial charge in [0, 0.05) is 17.8 Å². The van der Waals surface area contributed by atoms with Crippen LogP contribution in [0.15, 0.2) is 30.3 Å². The topological polar surface area (TPSA) is 58.2 Å². The zero-order valence-corrected chi connectivity index (χ0v) is 13.3. The predicted molar refractivity (Wildman–Crippen MR) is 86.2 cm³/mol. The van der Waals surface area contributed by atoms with Crippen LogP contribution < -0.4 is 0 Å². The third-order valence-electron chi connectivity index (χ3n) is 4.82. The molecule has 1 aromatic carbocycles. The normalized spacial score (nSPS) is 23.8. The van der Waals surface area contributed by atoms with Crippen molar-refractivity contribution in [3.8, 4) is 0 Å². The van der Waals surface area contributed by atoms with Crippen LogP contribution in [0.4, 0.5) is 0 Å². The quantitative estimate of drug-likeness (QED) is 0.927. The molecule has 1 N–H and O–H groups in total. The van der Waals surface area contributed by atoms with Crippen molar-refractivity contribution in [2.75, 3.05) is 13.2 Å². The minimum Gasteiger partial charge on any atom is -0.374 e. The van der Waals surface area contributed by atoms with Crippen molar-refractivity contribution in [2.24, 2.45) is 0 Å². The maximum atomic E-state index is 13.1. The molecule has 0 saturated carbocycles. The standard InChI is InChI=1S/C18H21N3O2/c1-12-10-21(16(11-23-12)13-6-3-2-4-7-13)18(22)17-14-8-5-9-15(14)19-20-17/h2-4,6-7,12,16H,5,8-11H2,1H3,(H,19,20)/t12-,16-/m1/s1. The third kappa shape index (κ3) is 2.55. The fraction of sp³-hybridized carbons (Fsp3) is 0.444. The van der Waals surface area contributed by atoms with Crippen LogP contribution in [0.2, 0.25) is 0 Å². The Morgan fingerprint density at radius 2 is 2.13 bits per heavy atom. The number of H-pyrrole nitrogens is 1. The molecule has 2 heterocycles. The molecule has 2 atom stereocenters. The number of aromatic nitrogens is 2. The summed E-state index contributed by atoms with van der Waals surface area (Å²) in [6, 6.07) is 10.1. The molecule has 0 unspecified atom stereocenters. The second kappa shape index (κ2) is 5.81. The molecule has 2 aliphatic rings. The second-order valence-electron chi connectivity index (χ2n) is 6.41. The molecule has 1 amide bonds. The molecule has 0 radical (unpaired) electrons. The van der Waals surface area contributed by atoms with Gasteiger partial charge in [0.05, 0.1) is 18.8 Å². The smallest absolute Gasteiger partial charge is 0.275 e. The summed E-state index contributed by atoms with van der Waals surface area (Å²) in [5.41, 5.74) is 3.96. The van der Waals surface area contributed by atoms with Crippen LogP contribution in [0.5, 0.6) is 0 Å². The Hall–Kier alpha value is -2.14. The van der Waals surface area contributed by atoms with E-state index in [1.165, 1.54) is 0 Å². The maximum Gasteiger partial charge on any atom is 0.275 e. The highest BCUT2D eigenvalue weighted by molar-refractivity contribution is 5.94. The predicted octanol–water partition coefficient (Wildman–Crippen LogP) is 2.50. The van der Waals surface area contributed by atoms with E-state index in [0.717, 1.165) is 36.1 Å². The number of morpholine rings is 1. The lowest BCUT2D eigenvalue weighted by molar-refractivity contribution is -0.0449. The summed E-state index contributed by atoms with van der Waals surface area (Å²) >= 11 is 0. The van der Waals surface area contributed by atoms with Crippen LogP contribution in [0.25, 0.3) is 0 Å². The molecule has 5 heteroatoms. The SMILES string of the molecule is C[C@@H]1CN(C(=O)c2n[nH]c3c2CCC3)[C@@H](c2ccccc2)CO1. The number of ether oxygens (including phenoxy) is 1. The summed E-state index contributed by atoms with van der Waals surface area (Å²) in [7, 11) is 0. The first kappa shape index (κ1) is 14.5. The van der Waals surface area contributed by atoms with Gasteiger partial charge in [-0.25, -0.2) is 0 Å². The number of amides is 1. The van der Waals surface area contributed by atoms with E-state index in [-0.39, 0.29) is 18.1 Å². The van der Waals surface area contributed by atoms with E-state index in [4.69, 9.17) is 4.74 Å². The number of aromatic amines is 1.